The Morgan fingerprint density at radius 1 is 0.906 bits per heavy atom. The SMILES string of the molecule is CCOc1ccc(C2c3c(oc4ccc(C)cc4c3=O)C(=O)N2c2ccc(C)cc2)cc1. The molecule has 0 fully saturated rings. The molecule has 0 aliphatic carbocycles. The van der Waals surface area contributed by atoms with Crippen molar-refractivity contribution in [1.29, 1.82) is 0 Å². The normalized spacial score (nSPS) is 15.3. The van der Waals surface area contributed by atoms with Crippen molar-refractivity contribution in [3.63, 3.8) is 0 Å². The van der Waals surface area contributed by atoms with Crippen LogP contribution >= 0.6 is 0 Å². The van der Waals surface area contributed by atoms with Crippen molar-refractivity contribution in [2.45, 2.75) is 26.8 Å². The summed E-state index contributed by atoms with van der Waals surface area (Å²) >= 11 is 0. The van der Waals surface area contributed by atoms with E-state index in [-0.39, 0.29) is 17.1 Å². The molecule has 0 saturated carbocycles. The number of hydrogen-bond donors (Lipinski definition) is 0. The van der Waals surface area contributed by atoms with Crippen LogP contribution in [0.5, 0.6) is 5.75 Å². The molecular formula is C27H23NO4. The van der Waals surface area contributed by atoms with Gasteiger partial charge in [0, 0.05) is 5.69 Å². The van der Waals surface area contributed by atoms with E-state index in [0.29, 0.717) is 28.8 Å². The van der Waals surface area contributed by atoms with Crippen molar-refractivity contribution in [2.24, 2.45) is 0 Å². The summed E-state index contributed by atoms with van der Waals surface area (Å²) in [5.74, 6) is 0.525. The Bertz CT molecular complexity index is 1380. The van der Waals surface area contributed by atoms with Crippen molar-refractivity contribution >= 4 is 22.6 Å². The van der Waals surface area contributed by atoms with Crippen LogP contribution in [-0.4, -0.2) is 12.5 Å². The second-order valence-electron chi connectivity index (χ2n) is 8.09. The van der Waals surface area contributed by atoms with Crippen LogP contribution in [0.15, 0.2) is 75.9 Å². The molecule has 0 N–H and O–H groups in total. The maximum Gasteiger partial charge on any atom is 0.295 e. The van der Waals surface area contributed by atoms with Gasteiger partial charge in [0.25, 0.3) is 5.91 Å². The number of benzene rings is 3. The summed E-state index contributed by atoms with van der Waals surface area (Å²) in [4.78, 5) is 28.9. The fraction of sp³-hybridized carbons (Fsp3) is 0.185. The number of ether oxygens (including phenoxy) is 1. The van der Waals surface area contributed by atoms with Crippen LogP contribution in [0.3, 0.4) is 0 Å². The lowest BCUT2D eigenvalue weighted by atomic mass is 9.97. The zero-order valence-corrected chi connectivity index (χ0v) is 18.2. The Kier molecular flexibility index (Phi) is 4.82. The Morgan fingerprint density at radius 2 is 1.59 bits per heavy atom. The summed E-state index contributed by atoms with van der Waals surface area (Å²) in [7, 11) is 0. The number of aryl methyl sites for hydroxylation is 2. The Morgan fingerprint density at radius 3 is 2.28 bits per heavy atom. The molecule has 160 valence electrons. The second-order valence-corrected chi connectivity index (χ2v) is 8.09. The number of anilines is 1. The highest BCUT2D eigenvalue weighted by molar-refractivity contribution is 6.10. The summed E-state index contributed by atoms with van der Waals surface area (Å²) in [5, 5.41) is 0.484. The number of carbonyl (C=O) groups excluding carboxylic acids is 1. The first-order chi connectivity index (χ1) is 15.5. The molecule has 0 spiro atoms. The van der Waals surface area contributed by atoms with E-state index in [2.05, 4.69) is 0 Å². The van der Waals surface area contributed by atoms with Gasteiger partial charge in [-0.2, -0.15) is 0 Å². The summed E-state index contributed by atoms with van der Waals surface area (Å²) in [6.45, 7) is 6.42. The molecule has 0 saturated heterocycles. The minimum Gasteiger partial charge on any atom is -0.494 e. The highest BCUT2D eigenvalue weighted by Crippen LogP contribution is 2.41. The summed E-state index contributed by atoms with van der Waals surface area (Å²) in [6.07, 6.45) is 0. The van der Waals surface area contributed by atoms with Gasteiger partial charge < -0.3 is 9.15 Å². The Hall–Kier alpha value is -3.86. The number of fused-ring (bicyclic) bond motifs is 2. The van der Waals surface area contributed by atoms with Gasteiger partial charge in [0.1, 0.15) is 11.3 Å². The van der Waals surface area contributed by atoms with Gasteiger partial charge in [-0.1, -0.05) is 41.5 Å². The van der Waals surface area contributed by atoms with Crippen molar-refractivity contribution in [1.82, 2.24) is 0 Å². The van der Waals surface area contributed by atoms with Gasteiger partial charge >= 0.3 is 0 Å². The third-order valence-electron chi connectivity index (χ3n) is 5.84. The van der Waals surface area contributed by atoms with E-state index < -0.39 is 6.04 Å². The average Bonchev–Trinajstić information content (AvgIpc) is 3.08. The average molecular weight is 425 g/mol. The molecule has 0 bridgehead atoms. The van der Waals surface area contributed by atoms with E-state index >= 15 is 0 Å². The molecule has 1 aliphatic rings. The van der Waals surface area contributed by atoms with Crippen LogP contribution in [0.2, 0.25) is 0 Å². The van der Waals surface area contributed by atoms with Crippen LogP contribution < -0.4 is 15.1 Å². The molecule has 1 amide bonds. The van der Waals surface area contributed by atoms with Crippen molar-refractivity contribution in [3.8, 4) is 5.75 Å². The summed E-state index contributed by atoms with van der Waals surface area (Å²) in [6, 6.07) is 20.1. The lowest BCUT2D eigenvalue weighted by Crippen LogP contribution is -2.29. The second kappa shape index (κ2) is 7.68. The minimum absolute atomic E-state index is 0.103. The lowest BCUT2D eigenvalue weighted by molar-refractivity contribution is 0.0971. The van der Waals surface area contributed by atoms with Crippen LogP contribution in [0, 0.1) is 13.8 Å². The van der Waals surface area contributed by atoms with Gasteiger partial charge in [-0.15, -0.1) is 0 Å². The molecule has 5 heteroatoms. The smallest absolute Gasteiger partial charge is 0.295 e. The molecule has 5 rings (SSSR count). The zero-order chi connectivity index (χ0) is 22.4. The van der Waals surface area contributed by atoms with E-state index in [4.69, 9.17) is 9.15 Å². The van der Waals surface area contributed by atoms with E-state index in [1.165, 1.54) is 0 Å². The first-order valence-corrected chi connectivity index (χ1v) is 10.7. The highest BCUT2D eigenvalue weighted by atomic mass is 16.5. The Labute approximate surface area is 185 Å². The van der Waals surface area contributed by atoms with Crippen LogP contribution in [0.1, 0.15) is 45.8 Å². The topological polar surface area (TPSA) is 59.8 Å². The van der Waals surface area contributed by atoms with E-state index in [0.717, 1.165) is 22.4 Å². The third kappa shape index (κ3) is 3.17. The third-order valence-corrected chi connectivity index (χ3v) is 5.84. The number of carbonyl (C=O) groups is 1. The van der Waals surface area contributed by atoms with Gasteiger partial charge in [-0.25, -0.2) is 0 Å². The van der Waals surface area contributed by atoms with E-state index in [9.17, 15) is 9.59 Å². The fourth-order valence-electron chi connectivity index (χ4n) is 4.29. The molecule has 1 aliphatic heterocycles. The molecule has 32 heavy (non-hydrogen) atoms. The molecular weight excluding hydrogens is 402 g/mol. The number of nitrogens with zero attached hydrogens (tertiary/aromatic N) is 1. The van der Waals surface area contributed by atoms with Gasteiger partial charge in [-0.3, -0.25) is 14.5 Å². The quantitative estimate of drug-likeness (QED) is 0.430. The first-order valence-electron chi connectivity index (χ1n) is 10.7. The van der Waals surface area contributed by atoms with Crippen LogP contribution in [0.4, 0.5) is 5.69 Å². The zero-order valence-electron chi connectivity index (χ0n) is 18.2. The maximum atomic E-state index is 13.6. The minimum atomic E-state index is -0.586. The van der Waals surface area contributed by atoms with Gasteiger partial charge in [-0.05, 0) is 62.7 Å². The molecule has 0 radical (unpaired) electrons. The van der Waals surface area contributed by atoms with Gasteiger partial charge in [0.15, 0.2) is 5.43 Å². The molecule has 3 aromatic carbocycles. The number of rotatable bonds is 4. The monoisotopic (exact) mass is 425 g/mol. The number of amides is 1. The summed E-state index contributed by atoms with van der Waals surface area (Å²) in [5.41, 5.74) is 4.20. The molecule has 4 aromatic rings. The molecule has 5 nitrogen and oxygen atoms in total. The van der Waals surface area contributed by atoms with E-state index in [1.807, 2.05) is 81.4 Å². The molecule has 1 unspecified atom stereocenters. The standard InChI is InChI=1S/C27H23NO4/c1-4-31-20-12-8-18(9-13-20)24-23-25(29)21-15-17(3)7-14-22(21)32-26(23)27(30)28(24)19-10-5-16(2)6-11-19/h5-15,24H,4H2,1-3H3. The molecule has 1 atom stereocenters. The predicted molar refractivity (Wildman–Crippen MR) is 125 cm³/mol. The molecule has 1 aromatic heterocycles. The predicted octanol–water partition coefficient (Wildman–Crippen LogP) is 5.56. The first kappa shape index (κ1) is 20.1. The van der Waals surface area contributed by atoms with Crippen LogP contribution in [0.25, 0.3) is 11.0 Å². The lowest BCUT2D eigenvalue weighted by Gasteiger charge is -2.25. The van der Waals surface area contributed by atoms with Crippen molar-refractivity contribution < 1.29 is 13.9 Å². The summed E-state index contributed by atoms with van der Waals surface area (Å²) < 4.78 is 11.6. The van der Waals surface area contributed by atoms with E-state index in [1.54, 1.807) is 11.0 Å². The Balaban J connectivity index is 1.76. The fourth-order valence-corrected chi connectivity index (χ4v) is 4.29. The highest BCUT2D eigenvalue weighted by Gasteiger charge is 2.43. The number of hydrogen-bond acceptors (Lipinski definition) is 4. The largest absolute Gasteiger partial charge is 0.494 e. The van der Waals surface area contributed by atoms with Crippen LogP contribution in [-0.2, 0) is 0 Å². The van der Waals surface area contributed by atoms with Crippen molar-refractivity contribution in [2.75, 3.05) is 11.5 Å². The van der Waals surface area contributed by atoms with Crippen molar-refractivity contribution in [3.05, 3.63) is 105 Å². The van der Waals surface area contributed by atoms with Gasteiger partial charge in [0.2, 0.25) is 5.76 Å². The van der Waals surface area contributed by atoms with Gasteiger partial charge in [0.05, 0.1) is 23.6 Å². The molecule has 2 heterocycles. The maximum absolute atomic E-state index is 13.6.